The highest BCUT2D eigenvalue weighted by Crippen LogP contribution is 2.17. The van der Waals surface area contributed by atoms with Crippen molar-refractivity contribution in [3.05, 3.63) is 52.5 Å². The van der Waals surface area contributed by atoms with Gasteiger partial charge in [-0.15, -0.1) is 0 Å². The summed E-state index contributed by atoms with van der Waals surface area (Å²) < 4.78 is 3.32. The first kappa shape index (κ1) is 13.3. The van der Waals surface area contributed by atoms with E-state index in [0.29, 0.717) is 6.04 Å². The molecule has 0 fully saturated rings. The number of hydrogen-bond acceptors (Lipinski definition) is 2. The van der Waals surface area contributed by atoms with Crippen LogP contribution in [0.4, 0.5) is 0 Å². The third-order valence-electron chi connectivity index (χ3n) is 2.79. The van der Waals surface area contributed by atoms with E-state index in [-0.39, 0.29) is 0 Å². The average Bonchev–Trinajstić information content (AvgIpc) is 2.77. The van der Waals surface area contributed by atoms with Crippen molar-refractivity contribution in [1.82, 2.24) is 14.9 Å². The predicted octanol–water partition coefficient (Wildman–Crippen LogP) is 3.19. The molecule has 0 spiro atoms. The van der Waals surface area contributed by atoms with E-state index in [0.717, 1.165) is 17.6 Å². The summed E-state index contributed by atoms with van der Waals surface area (Å²) in [5.41, 5.74) is 2.47. The van der Waals surface area contributed by atoms with Crippen molar-refractivity contribution in [3.8, 4) is 0 Å². The SMILES string of the molecule is CC(C)NCc1cncn1Cc1ccccc1Br. The van der Waals surface area contributed by atoms with E-state index in [1.807, 2.05) is 18.6 Å². The van der Waals surface area contributed by atoms with E-state index in [1.54, 1.807) is 0 Å². The van der Waals surface area contributed by atoms with Gasteiger partial charge in [0.1, 0.15) is 0 Å². The van der Waals surface area contributed by atoms with Crippen LogP contribution in [0.1, 0.15) is 25.1 Å². The first-order valence-electron chi connectivity index (χ1n) is 6.12. The van der Waals surface area contributed by atoms with Crippen molar-refractivity contribution in [2.45, 2.75) is 33.0 Å². The second kappa shape index (κ2) is 6.16. The highest BCUT2D eigenvalue weighted by atomic mass is 79.9. The van der Waals surface area contributed by atoms with Crippen molar-refractivity contribution < 1.29 is 0 Å². The zero-order chi connectivity index (χ0) is 13.0. The summed E-state index contributed by atoms with van der Waals surface area (Å²) >= 11 is 3.58. The van der Waals surface area contributed by atoms with Crippen molar-refractivity contribution in [2.24, 2.45) is 0 Å². The van der Waals surface area contributed by atoms with Gasteiger partial charge < -0.3 is 9.88 Å². The quantitative estimate of drug-likeness (QED) is 0.919. The van der Waals surface area contributed by atoms with Crippen molar-refractivity contribution >= 4 is 15.9 Å². The third-order valence-corrected chi connectivity index (χ3v) is 3.56. The standard InChI is InChI=1S/C14H18BrN3/c1-11(2)17-8-13-7-16-10-18(13)9-12-5-3-4-6-14(12)15/h3-7,10-11,17H,8-9H2,1-2H3. The fourth-order valence-corrected chi connectivity index (χ4v) is 2.17. The molecule has 1 N–H and O–H groups in total. The lowest BCUT2D eigenvalue weighted by Gasteiger charge is -2.12. The molecule has 0 radical (unpaired) electrons. The third kappa shape index (κ3) is 3.43. The molecule has 0 unspecified atom stereocenters. The largest absolute Gasteiger partial charge is 0.329 e. The maximum atomic E-state index is 4.23. The second-order valence-electron chi connectivity index (χ2n) is 4.64. The van der Waals surface area contributed by atoms with E-state index < -0.39 is 0 Å². The van der Waals surface area contributed by atoms with Gasteiger partial charge in [-0.2, -0.15) is 0 Å². The minimum Gasteiger partial charge on any atom is -0.329 e. The molecule has 0 saturated carbocycles. The Labute approximate surface area is 116 Å². The van der Waals surface area contributed by atoms with Crippen LogP contribution in [0.3, 0.4) is 0 Å². The summed E-state index contributed by atoms with van der Waals surface area (Å²) in [6.45, 7) is 5.99. The van der Waals surface area contributed by atoms with Gasteiger partial charge in [0.15, 0.2) is 0 Å². The Morgan fingerprint density at radius 2 is 2.11 bits per heavy atom. The maximum absolute atomic E-state index is 4.23. The molecule has 2 rings (SSSR count). The van der Waals surface area contributed by atoms with E-state index in [1.165, 1.54) is 11.3 Å². The Bertz CT molecular complexity index is 505. The number of halogens is 1. The van der Waals surface area contributed by atoms with Crippen LogP contribution in [0.15, 0.2) is 41.3 Å². The molecule has 0 aliphatic heterocycles. The van der Waals surface area contributed by atoms with Gasteiger partial charge in [0, 0.05) is 29.8 Å². The Morgan fingerprint density at radius 1 is 1.33 bits per heavy atom. The number of aromatic nitrogens is 2. The minimum atomic E-state index is 0.483. The molecule has 0 aliphatic carbocycles. The fraction of sp³-hybridized carbons (Fsp3) is 0.357. The molecular weight excluding hydrogens is 290 g/mol. The van der Waals surface area contributed by atoms with Crippen LogP contribution < -0.4 is 5.32 Å². The van der Waals surface area contributed by atoms with Gasteiger partial charge in [-0.25, -0.2) is 4.98 Å². The number of rotatable bonds is 5. The van der Waals surface area contributed by atoms with Gasteiger partial charge in [-0.05, 0) is 11.6 Å². The number of benzene rings is 1. The predicted molar refractivity (Wildman–Crippen MR) is 77.4 cm³/mol. The molecule has 0 aliphatic rings. The molecule has 96 valence electrons. The molecular formula is C14H18BrN3. The molecule has 0 bridgehead atoms. The van der Waals surface area contributed by atoms with Gasteiger partial charge in [-0.1, -0.05) is 48.0 Å². The first-order chi connectivity index (χ1) is 8.66. The Hall–Kier alpha value is -1.13. The molecule has 0 saturated heterocycles. The molecule has 1 aromatic heterocycles. The summed E-state index contributed by atoms with van der Waals surface area (Å²) in [6, 6.07) is 8.77. The molecule has 18 heavy (non-hydrogen) atoms. The smallest absolute Gasteiger partial charge is 0.0951 e. The van der Waals surface area contributed by atoms with E-state index in [2.05, 4.69) is 62.8 Å². The molecule has 0 amide bonds. The zero-order valence-corrected chi connectivity index (χ0v) is 12.3. The fourth-order valence-electron chi connectivity index (χ4n) is 1.76. The van der Waals surface area contributed by atoms with Gasteiger partial charge in [0.25, 0.3) is 0 Å². The normalized spacial score (nSPS) is 11.1. The summed E-state index contributed by atoms with van der Waals surface area (Å²) in [5.74, 6) is 0. The highest BCUT2D eigenvalue weighted by Gasteiger charge is 2.05. The maximum Gasteiger partial charge on any atom is 0.0951 e. The number of nitrogens with one attached hydrogen (secondary N) is 1. The monoisotopic (exact) mass is 307 g/mol. The van der Waals surface area contributed by atoms with Crippen LogP contribution in [-0.2, 0) is 13.1 Å². The first-order valence-corrected chi connectivity index (χ1v) is 6.92. The van der Waals surface area contributed by atoms with Crippen LogP contribution in [0.2, 0.25) is 0 Å². The zero-order valence-electron chi connectivity index (χ0n) is 10.7. The van der Waals surface area contributed by atoms with Gasteiger partial charge in [0.2, 0.25) is 0 Å². The lowest BCUT2D eigenvalue weighted by molar-refractivity contribution is 0.564. The van der Waals surface area contributed by atoms with Crippen molar-refractivity contribution in [3.63, 3.8) is 0 Å². The summed E-state index contributed by atoms with van der Waals surface area (Å²) in [7, 11) is 0. The molecule has 3 nitrogen and oxygen atoms in total. The van der Waals surface area contributed by atoms with Gasteiger partial charge >= 0.3 is 0 Å². The summed E-state index contributed by atoms with van der Waals surface area (Å²) in [4.78, 5) is 4.23. The summed E-state index contributed by atoms with van der Waals surface area (Å²) in [5, 5.41) is 3.42. The second-order valence-corrected chi connectivity index (χ2v) is 5.49. The average molecular weight is 308 g/mol. The van der Waals surface area contributed by atoms with Crippen molar-refractivity contribution in [1.29, 1.82) is 0 Å². The molecule has 1 aromatic carbocycles. The van der Waals surface area contributed by atoms with Gasteiger partial charge in [-0.3, -0.25) is 0 Å². The number of hydrogen-bond donors (Lipinski definition) is 1. The summed E-state index contributed by atoms with van der Waals surface area (Å²) in [6.07, 6.45) is 3.81. The topological polar surface area (TPSA) is 29.9 Å². The van der Waals surface area contributed by atoms with Crippen LogP contribution in [0.5, 0.6) is 0 Å². The Balaban J connectivity index is 2.10. The van der Waals surface area contributed by atoms with E-state index in [9.17, 15) is 0 Å². The highest BCUT2D eigenvalue weighted by molar-refractivity contribution is 9.10. The van der Waals surface area contributed by atoms with Gasteiger partial charge in [0.05, 0.1) is 12.0 Å². The van der Waals surface area contributed by atoms with Crippen LogP contribution in [0.25, 0.3) is 0 Å². The lowest BCUT2D eigenvalue weighted by atomic mass is 10.2. The van der Waals surface area contributed by atoms with Crippen LogP contribution in [0, 0.1) is 0 Å². The van der Waals surface area contributed by atoms with Crippen LogP contribution >= 0.6 is 15.9 Å². The number of imidazole rings is 1. The number of nitrogens with zero attached hydrogens (tertiary/aromatic N) is 2. The molecule has 4 heteroatoms. The van der Waals surface area contributed by atoms with E-state index in [4.69, 9.17) is 0 Å². The van der Waals surface area contributed by atoms with E-state index >= 15 is 0 Å². The molecule has 0 atom stereocenters. The van der Waals surface area contributed by atoms with Crippen molar-refractivity contribution in [2.75, 3.05) is 0 Å². The molecule has 2 aromatic rings. The molecule has 1 heterocycles. The minimum absolute atomic E-state index is 0.483. The van der Waals surface area contributed by atoms with Crippen LogP contribution in [-0.4, -0.2) is 15.6 Å². The Morgan fingerprint density at radius 3 is 2.83 bits per heavy atom. The lowest BCUT2D eigenvalue weighted by Crippen LogP contribution is -2.23. The Kier molecular flexibility index (Phi) is 4.55.